The van der Waals surface area contributed by atoms with Crippen molar-refractivity contribution in [3.63, 3.8) is 0 Å². The molecule has 0 fully saturated rings. The number of aliphatic hydroxyl groups excluding tert-OH is 1. The molecule has 0 heterocycles. The maximum Gasteiger partial charge on any atom is 0.0431 e. The molecular formula is C24H51O. The molecule has 0 spiro atoms. The van der Waals surface area contributed by atoms with Gasteiger partial charge in [-0.2, -0.15) is 0 Å². The molecule has 0 unspecified atom stereocenters. The lowest BCUT2D eigenvalue weighted by Crippen LogP contribution is -1.85. The smallest absolute Gasteiger partial charge is 0.0431 e. The van der Waals surface area contributed by atoms with E-state index >= 15 is 0 Å². The summed E-state index contributed by atoms with van der Waals surface area (Å²) in [7, 11) is 0. The summed E-state index contributed by atoms with van der Waals surface area (Å²) < 4.78 is 0. The molecular weight excluding hydrogens is 304 g/mol. The van der Waals surface area contributed by atoms with Crippen molar-refractivity contribution in [1.29, 1.82) is 0 Å². The molecule has 1 heteroatoms. The Labute approximate surface area is 161 Å². The highest BCUT2D eigenvalue weighted by Gasteiger charge is 1.95. The quantitative estimate of drug-likeness (QED) is 0.217. The summed E-state index contributed by atoms with van der Waals surface area (Å²) in [6, 6.07) is 0. The zero-order chi connectivity index (χ0) is 18.8. The molecule has 0 aliphatic rings. The van der Waals surface area contributed by atoms with Crippen molar-refractivity contribution in [1.82, 2.24) is 0 Å². The van der Waals surface area contributed by atoms with E-state index in [9.17, 15) is 0 Å². The van der Waals surface area contributed by atoms with Crippen LogP contribution in [0.25, 0.3) is 0 Å². The van der Waals surface area contributed by atoms with Crippen molar-refractivity contribution < 1.29 is 5.11 Å². The van der Waals surface area contributed by atoms with Crippen molar-refractivity contribution in [3.05, 3.63) is 6.92 Å². The molecule has 0 aliphatic carbocycles. The van der Waals surface area contributed by atoms with Crippen LogP contribution < -0.4 is 0 Å². The van der Waals surface area contributed by atoms with Gasteiger partial charge in [0.05, 0.1) is 0 Å². The van der Waals surface area contributed by atoms with Gasteiger partial charge in [-0.3, -0.25) is 0 Å². The fourth-order valence-corrected chi connectivity index (χ4v) is 3.37. The summed E-state index contributed by atoms with van der Waals surface area (Å²) >= 11 is 0. The third kappa shape index (κ3) is 29.0. The van der Waals surface area contributed by atoms with E-state index in [1.807, 2.05) is 0 Å². The van der Waals surface area contributed by atoms with Crippen molar-refractivity contribution in [2.45, 2.75) is 142 Å². The largest absolute Gasteiger partial charge is 0.396 e. The number of rotatable bonds is 20. The first kappa shape index (κ1) is 27.2. The topological polar surface area (TPSA) is 20.2 Å². The molecule has 0 bridgehead atoms. The molecule has 0 rings (SSSR count). The minimum Gasteiger partial charge on any atom is -0.396 e. The molecule has 0 saturated heterocycles. The summed E-state index contributed by atoms with van der Waals surface area (Å²) in [6.07, 6.45) is 28.1. The first-order chi connectivity index (χ1) is 12.4. The predicted octanol–water partition coefficient (Wildman–Crippen LogP) is 8.64. The van der Waals surface area contributed by atoms with Gasteiger partial charge in [0, 0.05) is 6.61 Å². The van der Waals surface area contributed by atoms with Crippen LogP contribution in [0.1, 0.15) is 142 Å². The molecule has 0 atom stereocenters. The molecule has 0 aromatic heterocycles. The first-order valence-electron chi connectivity index (χ1n) is 11.7. The second-order valence-corrected chi connectivity index (χ2v) is 7.44. The summed E-state index contributed by atoms with van der Waals surface area (Å²) in [5, 5.41) is 8.71. The Bertz CT molecular complexity index is 171. The Morgan fingerprint density at radius 2 is 0.600 bits per heavy atom. The summed E-state index contributed by atoms with van der Waals surface area (Å²) in [4.78, 5) is 0. The molecule has 1 nitrogen and oxygen atoms in total. The van der Waals surface area contributed by atoms with Crippen molar-refractivity contribution in [2.75, 3.05) is 6.61 Å². The first-order valence-corrected chi connectivity index (χ1v) is 11.7. The normalized spacial score (nSPS) is 10.6. The molecule has 153 valence electrons. The average Bonchev–Trinajstić information content (AvgIpc) is 2.65. The number of unbranched alkanes of at least 4 members (excludes halogenated alkanes) is 19. The molecule has 0 aliphatic heterocycles. The minimum absolute atomic E-state index is 0.374. The second-order valence-electron chi connectivity index (χ2n) is 7.44. The highest BCUT2D eigenvalue weighted by molar-refractivity contribution is 4.50. The van der Waals surface area contributed by atoms with Crippen LogP contribution in [0.15, 0.2) is 0 Å². The monoisotopic (exact) mass is 355 g/mol. The third-order valence-corrected chi connectivity index (χ3v) is 5.01. The van der Waals surface area contributed by atoms with Gasteiger partial charge in [-0.15, -0.1) is 0 Å². The Hall–Kier alpha value is -0.0400. The van der Waals surface area contributed by atoms with Gasteiger partial charge in [0.15, 0.2) is 0 Å². The van der Waals surface area contributed by atoms with E-state index in [0.29, 0.717) is 6.61 Å². The Morgan fingerprint density at radius 3 is 0.800 bits per heavy atom. The number of aliphatic hydroxyl groups is 1. The molecule has 0 saturated carbocycles. The second kappa shape index (κ2) is 28.8. The van der Waals surface area contributed by atoms with Crippen LogP contribution in [0, 0.1) is 6.92 Å². The zero-order valence-electron chi connectivity index (χ0n) is 18.0. The van der Waals surface area contributed by atoms with Crippen LogP contribution in [0.5, 0.6) is 0 Å². The van der Waals surface area contributed by atoms with E-state index < -0.39 is 0 Å². The molecule has 0 aromatic rings. The molecule has 1 N–H and O–H groups in total. The molecule has 0 amide bonds. The van der Waals surface area contributed by atoms with E-state index in [1.165, 1.54) is 122 Å². The standard InChI is InChI=1S/C22H46O.C2H5/c1-2-3-4-5-6-7-8-9-10-11-12-13-14-15-16-17-18-19-20-21-22-23;1-2/h23H,2-22H2,1H3;1H2,2H3. The van der Waals surface area contributed by atoms with E-state index in [2.05, 4.69) is 13.8 Å². The fourth-order valence-electron chi connectivity index (χ4n) is 3.37. The van der Waals surface area contributed by atoms with Crippen molar-refractivity contribution >= 4 is 0 Å². The minimum atomic E-state index is 0.374. The van der Waals surface area contributed by atoms with E-state index in [0.717, 1.165) is 6.42 Å². The lowest BCUT2D eigenvalue weighted by Gasteiger charge is -2.03. The predicted molar refractivity (Wildman–Crippen MR) is 116 cm³/mol. The molecule has 0 aromatic carbocycles. The summed E-state index contributed by atoms with van der Waals surface area (Å²) in [5.74, 6) is 0. The number of hydrogen-bond donors (Lipinski definition) is 1. The molecule has 1 radical (unpaired) electrons. The van der Waals surface area contributed by atoms with E-state index in [-0.39, 0.29) is 0 Å². The van der Waals surface area contributed by atoms with Gasteiger partial charge >= 0.3 is 0 Å². The average molecular weight is 356 g/mol. The maximum absolute atomic E-state index is 8.71. The number of hydrogen-bond acceptors (Lipinski definition) is 1. The lowest BCUT2D eigenvalue weighted by atomic mass is 10.0. The van der Waals surface area contributed by atoms with Gasteiger partial charge < -0.3 is 5.11 Å². The molecule has 25 heavy (non-hydrogen) atoms. The fraction of sp³-hybridized carbons (Fsp3) is 0.958. The van der Waals surface area contributed by atoms with Crippen molar-refractivity contribution in [2.24, 2.45) is 0 Å². The van der Waals surface area contributed by atoms with Gasteiger partial charge in [-0.25, -0.2) is 0 Å². The Balaban J connectivity index is 0. The highest BCUT2D eigenvalue weighted by atomic mass is 16.2. The van der Waals surface area contributed by atoms with Gasteiger partial charge in [0.1, 0.15) is 0 Å². The van der Waals surface area contributed by atoms with Gasteiger partial charge in [0.2, 0.25) is 0 Å². The zero-order valence-corrected chi connectivity index (χ0v) is 18.0. The summed E-state index contributed by atoms with van der Waals surface area (Å²) in [6.45, 7) is 7.67. The van der Waals surface area contributed by atoms with Crippen molar-refractivity contribution in [3.8, 4) is 0 Å². The van der Waals surface area contributed by atoms with E-state index in [1.54, 1.807) is 6.92 Å². The van der Waals surface area contributed by atoms with Crippen LogP contribution in [-0.4, -0.2) is 11.7 Å². The lowest BCUT2D eigenvalue weighted by molar-refractivity contribution is 0.282. The van der Waals surface area contributed by atoms with Gasteiger partial charge in [-0.05, 0) is 6.42 Å². The van der Waals surface area contributed by atoms with Gasteiger partial charge in [0.25, 0.3) is 0 Å². The van der Waals surface area contributed by atoms with Crippen LogP contribution in [-0.2, 0) is 0 Å². The van der Waals surface area contributed by atoms with Crippen LogP contribution in [0.3, 0.4) is 0 Å². The van der Waals surface area contributed by atoms with E-state index in [4.69, 9.17) is 5.11 Å². The Morgan fingerprint density at radius 1 is 0.400 bits per heavy atom. The Kier molecular flexibility index (Phi) is 31.3. The SMILES string of the molecule is CCCCCCCCCCCCCCCCCCCCCCO.[CH2]C. The highest BCUT2D eigenvalue weighted by Crippen LogP contribution is 2.14. The van der Waals surface area contributed by atoms with Crippen LogP contribution >= 0.6 is 0 Å². The third-order valence-electron chi connectivity index (χ3n) is 5.01. The van der Waals surface area contributed by atoms with Crippen LogP contribution in [0.4, 0.5) is 0 Å². The maximum atomic E-state index is 8.71. The van der Waals surface area contributed by atoms with Crippen LogP contribution in [0.2, 0.25) is 0 Å². The summed E-state index contributed by atoms with van der Waals surface area (Å²) in [5.41, 5.74) is 0. The van der Waals surface area contributed by atoms with Gasteiger partial charge in [-0.1, -0.05) is 143 Å².